The molecule has 2 aliphatic rings. The number of carbonyl (C=O) groups is 3. The lowest BCUT2D eigenvalue weighted by atomic mass is 9.68. The van der Waals surface area contributed by atoms with Crippen LogP contribution in [0.5, 0.6) is 0 Å². The number of fused-ring (bicyclic) bond motifs is 1. The van der Waals surface area contributed by atoms with E-state index in [1.165, 1.54) is 0 Å². The number of amides is 3. The molecule has 0 bridgehead atoms. The van der Waals surface area contributed by atoms with Crippen molar-refractivity contribution in [2.24, 2.45) is 23.7 Å². The van der Waals surface area contributed by atoms with Crippen LogP contribution in [0.15, 0.2) is 12.2 Å². The molecule has 0 radical (unpaired) electrons. The Morgan fingerprint density at radius 3 is 2.43 bits per heavy atom. The Kier molecular flexibility index (Phi) is 7.26. The summed E-state index contributed by atoms with van der Waals surface area (Å²) in [6, 6.07) is -0.658. The molecule has 28 heavy (non-hydrogen) atoms. The Hall–Kier alpha value is -1.89. The van der Waals surface area contributed by atoms with Gasteiger partial charge in [0.15, 0.2) is 0 Å². The topological polar surface area (TPSA) is 98.7 Å². The molecule has 7 nitrogen and oxygen atoms in total. The van der Waals surface area contributed by atoms with E-state index in [-0.39, 0.29) is 36.2 Å². The van der Waals surface area contributed by atoms with Gasteiger partial charge in [0.25, 0.3) is 0 Å². The quantitative estimate of drug-likeness (QED) is 0.564. The van der Waals surface area contributed by atoms with Gasteiger partial charge in [0.05, 0.1) is 11.8 Å². The Morgan fingerprint density at radius 2 is 1.89 bits per heavy atom. The first-order valence-corrected chi connectivity index (χ1v) is 10.3. The van der Waals surface area contributed by atoms with E-state index in [2.05, 4.69) is 17.6 Å². The Bertz CT molecular complexity index is 626. The zero-order valence-electron chi connectivity index (χ0n) is 17.7. The molecule has 1 aliphatic heterocycles. The second kappa shape index (κ2) is 9.07. The molecule has 1 aliphatic carbocycles. The van der Waals surface area contributed by atoms with Crippen molar-refractivity contribution in [2.75, 3.05) is 20.2 Å². The summed E-state index contributed by atoms with van der Waals surface area (Å²) in [6.07, 6.45) is 6.12. The summed E-state index contributed by atoms with van der Waals surface area (Å²) in [4.78, 5) is 40.7. The van der Waals surface area contributed by atoms with E-state index in [4.69, 9.17) is 0 Å². The number of nitrogens with zero attached hydrogens (tertiary/aromatic N) is 1. The van der Waals surface area contributed by atoms with Crippen LogP contribution < -0.4 is 10.6 Å². The zero-order valence-corrected chi connectivity index (χ0v) is 17.7. The summed E-state index contributed by atoms with van der Waals surface area (Å²) in [5.74, 6) is -1.90. The van der Waals surface area contributed by atoms with Crippen LogP contribution in [0, 0.1) is 23.7 Å². The zero-order chi connectivity index (χ0) is 21.1. The van der Waals surface area contributed by atoms with Crippen LogP contribution in [0.3, 0.4) is 0 Å². The van der Waals surface area contributed by atoms with Gasteiger partial charge in [-0.05, 0) is 39.5 Å². The maximum absolute atomic E-state index is 13.4. The summed E-state index contributed by atoms with van der Waals surface area (Å²) >= 11 is 0. The molecular formula is C21H35N3O4. The summed E-state index contributed by atoms with van der Waals surface area (Å²) < 4.78 is 0. The first-order valence-electron chi connectivity index (χ1n) is 10.3. The van der Waals surface area contributed by atoms with Gasteiger partial charge >= 0.3 is 0 Å². The number of carbonyl (C=O) groups excluding carboxylic acids is 3. The largest absolute Gasteiger partial charge is 0.396 e. The lowest BCUT2D eigenvalue weighted by Gasteiger charge is -2.34. The van der Waals surface area contributed by atoms with Gasteiger partial charge in [0, 0.05) is 31.7 Å². The SMILES string of the molecule is CCC[C@@H]1C=C[C@H]2[C@@H](C(=O)N(CCCO)[C@@H]2C(=O)NC(C)(C)C)[C@@H]1C(=O)NC. The maximum atomic E-state index is 13.4. The number of nitrogens with one attached hydrogen (secondary N) is 2. The second-order valence-electron chi connectivity index (χ2n) is 8.87. The van der Waals surface area contributed by atoms with Gasteiger partial charge in [-0.2, -0.15) is 0 Å². The highest BCUT2D eigenvalue weighted by Gasteiger charge is 2.56. The van der Waals surface area contributed by atoms with E-state index in [9.17, 15) is 19.5 Å². The molecule has 0 spiro atoms. The molecule has 7 heteroatoms. The first-order chi connectivity index (χ1) is 13.2. The average molecular weight is 394 g/mol. The molecule has 3 N–H and O–H groups in total. The fourth-order valence-electron chi connectivity index (χ4n) is 4.56. The molecule has 0 aromatic heterocycles. The number of aliphatic hydroxyl groups is 1. The Labute approximate surface area is 167 Å². The van der Waals surface area contributed by atoms with E-state index >= 15 is 0 Å². The lowest BCUT2D eigenvalue weighted by molar-refractivity contribution is -0.141. The van der Waals surface area contributed by atoms with Crippen LogP contribution in [-0.2, 0) is 14.4 Å². The highest BCUT2D eigenvalue weighted by atomic mass is 16.3. The smallest absolute Gasteiger partial charge is 0.243 e. The molecule has 0 unspecified atom stereocenters. The number of allylic oxidation sites excluding steroid dienone is 1. The predicted octanol–water partition coefficient (Wildman–Crippen LogP) is 1.08. The second-order valence-corrected chi connectivity index (χ2v) is 8.87. The van der Waals surface area contributed by atoms with Crippen LogP contribution in [0.1, 0.15) is 47.0 Å². The molecule has 1 heterocycles. The number of rotatable bonds is 7. The fraction of sp³-hybridized carbons (Fsp3) is 0.762. The van der Waals surface area contributed by atoms with Gasteiger partial charge in [0.1, 0.15) is 6.04 Å². The van der Waals surface area contributed by atoms with Crippen molar-refractivity contribution in [1.82, 2.24) is 15.5 Å². The van der Waals surface area contributed by atoms with E-state index in [1.807, 2.05) is 32.9 Å². The third-order valence-corrected chi connectivity index (χ3v) is 5.61. The lowest BCUT2D eigenvalue weighted by Crippen LogP contribution is -2.52. The van der Waals surface area contributed by atoms with Gasteiger partial charge in [-0.15, -0.1) is 0 Å². The van der Waals surface area contributed by atoms with Crippen molar-refractivity contribution in [3.8, 4) is 0 Å². The van der Waals surface area contributed by atoms with Crippen LogP contribution in [0.2, 0.25) is 0 Å². The van der Waals surface area contributed by atoms with E-state index in [0.29, 0.717) is 13.0 Å². The molecular weight excluding hydrogens is 358 g/mol. The summed E-state index contributed by atoms with van der Waals surface area (Å²) in [5.41, 5.74) is -0.426. The molecule has 5 atom stereocenters. The van der Waals surface area contributed by atoms with Crippen LogP contribution in [0.25, 0.3) is 0 Å². The molecule has 0 saturated carbocycles. The van der Waals surface area contributed by atoms with Gasteiger partial charge in [-0.3, -0.25) is 14.4 Å². The maximum Gasteiger partial charge on any atom is 0.243 e. The Balaban J connectivity index is 2.44. The highest BCUT2D eigenvalue weighted by molar-refractivity contribution is 5.96. The molecule has 1 fully saturated rings. The third-order valence-electron chi connectivity index (χ3n) is 5.61. The van der Waals surface area contributed by atoms with Gasteiger partial charge in [-0.25, -0.2) is 0 Å². The fourth-order valence-corrected chi connectivity index (χ4v) is 4.56. The minimum Gasteiger partial charge on any atom is -0.396 e. The Morgan fingerprint density at radius 1 is 1.21 bits per heavy atom. The standard InChI is InChI=1S/C21H35N3O4/c1-6-8-13-9-10-14-16(15(13)18(26)22-5)20(28)24(11-7-12-25)17(14)19(27)23-21(2,3)4/h9-10,13-17,25H,6-8,11-12H2,1-5H3,(H,22,26)(H,23,27)/t13-,14+,15-,16-,17+/m1/s1. The number of aliphatic hydroxyl groups excluding tert-OH is 1. The van der Waals surface area contributed by atoms with Crippen molar-refractivity contribution in [1.29, 1.82) is 0 Å². The molecule has 3 amide bonds. The molecule has 1 saturated heterocycles. The van der Waals surface area contributed by atoms with Gasteiger partial charge in [0.2, 0.25) is 17.7 Å². The summed E-state index contributed by atoms with van der Waals surface area (Å²) in [5, 5.41) is 15.0. The van der Waals surface area contributed by atoms with Crippen molar-refractivity contribution >= 4 is 17.7 Å². The normalized spacial score (nSPS) is 29.6. The minimum atomic E-state index is -0.658. The average Bonchev–Trinajstić information content (AvgIpc) is 2.90. The summed E-state index contributed by atoms with van der Waals surface area (Å²) in [7, 11) is 1.59. The number of hydrogen-bond acceptors (Lipinski definition) is 4. The van der Waals surface area contributed by atoms with Gasteiger partial charge < -0.3 is 20.6 Å². The first kappa shape index (κ1) is 22.4. The van der Waals surface area contributed by atoms with E-state index < -0.39 is 23.4 Å². The molecule has 0 aromatic rings. The van der Waals surface area contributed by atoms with E-state index in [1.54, 1.807) is 11.9 Å². The number of likely N-dealkylation sites (tertiary alicyclic amines) is 1. The van der Waals surface area contributed by atoms with Crippen LogP contribution in [-0.4, -0.2) is 59.5 Å². The predicted molar refractivity (Wildman–Crippen MR) is 107 cm³/mol. The van der Waals surface area contributed by atoms with Crippen molar-refractivity contribution in [2.45, 2.75) is 58.5 Å². The van der Waals surface area contributed by atoms with Crippen molar-refractivity contribution < 1.29 is 19.5 Å². The van der Waals surface area contributed by atoms with Gasteiger partial charge in [-0.1, -0.05) is 25.5 Å². The molecule has 158 valence electrons. The van der Waals surface area contributed by atoms with Crippen molar-refractivity contribution in [3.63, 3.8) is 0 Å². The molecule has 0 aromatic carbocycles. The van der Waals surface area contributed by atoms with Crippen LogP contribution in [0.4, 0.5) is 0 Å². The minimum absolute atomic E-state index is 0.0146. The third kappa shape index (κ3) is 4.57. The summed E-state index contributed by atoms with van der Waals surface area (Å²) in [6.45, 7) is 8.01. The molecule has 2 rings (SSSR count). The van der Waals surface area contributed by atoms with E-state index in [0.717, 1.165) is 12.8 Å². The number of hydrogen-bond donors (Lipinski definition) is 3. The monoisotopic (exact) mass is 393 g/mol. The van der Waals surface area contributed by atoms with Crippen LogP contribution >= 0.6 is 0 Å². The van der Waals surface area contributed by atoms with Crippen molar-refractivity contribution in [3.05, 3.63) is 12.2 Å². The highest BCUT2D eigenvalue weighted by Crippen LogP contribution is 2.45.